The van der Waals surface area contributed by atoms with Gasteiger partial charge < -0.3 is 15.5 Å². The predicted molar refractivity (Wildman–Crippen MR) is 101 cm³/mol. The number of unbranched alkanes of at least 4 members (excludes halogenated alkanes) is 11. The van der Waals surface area contributed by atoms with Crippen LogP contribution in [0.4, 0.5) is 0 Å². The number of hydrogen-bond donors (Lipinski definition) is 3. The highest BCUT2D eigenvalue weighted by Gasteiger charge is 1.96. The maximum absolute atomic E-state index is 10.4. The number of aliphatic carboxylic acids is 1. The molecular weight excluding hydrogens is 302 g/mol. The number of allylic oxidation sites excluding steroid dienone is 2. The van der Waals surface area contributed by atoms with Crippen molar-refractivity contribution in [2.75, 3.05) is 19.7 Å². The zero-order valence-corrected chi connectivity index (χ0v) is 15.5. The molecule has 0 aromatic rings. The Bertz CT molecular complexity index is 293. The number of aliphatic hydroxyl groups is 1. The van der Waals surface area contributed by atoms with E-state index in [1.54, 1.807) is 0 Å². The van der Waals surface area contributed by atoms with Crippen molar-refractivity contribution in [3.8, 4) is 0 Å². The minimum Gasteiger partial charge on any atom is -0.481 e. The maximum Gasteiger partial charge on any atom is 0.303 e. The Hall–Kier alpha value is -0.870. The van der Waals surface area contributed by atoms with Crippen LogP contribution >= 0.6 is 0 Å². The number of nitrogens with one attached hydrogen (secondary N) is 1. The number of aliphatic hydroxyl groups excluding tert-OH is 1. The molecule has 0 saturated carbocycles. The van der Waals surface area contributed by atoms with Gasteiger partial charge in [0.05, 0.1) is 6.61 Å². The SMILES string of the molecule is O=C(O)CCCCCCCC=CCCCCCCCCNCCO. The molecule has 4 heteroatoms. The lowest BCUT2D eigenvalue weighted by Crippen LogP contribution is -2.19. The second-order valence-corrected chi connectivity index (χ2v) is 6.56. The summed E-state index contributed by atoms with van der Waals surface area (Å²) in [5.41, 5.74) is 0. The van der Waals surface area contributed by atoms with Gasteiger partial charge in [-0.25, -0.2) is 0 Å². The molecule has 0 radical (unpaired) electrons. The first-order chi connectivity index (χ1) is 11.8. The van der Waals surface area contributed by atoms with E-state index in [9.17, 15) is 4.79 Å². The largest absolute Gasteiger partial charge is 0.481 e. The van der Waals surface area contributed by atoms with Crippen LogP contribution in [0.5, 0.6) is 0 Å². The van der Waals surface area contributed by atoms with Gasteiger partial charge in [0.1, 0.15) is 0 Å². The minimum atomic E-state index is -0.673. The first-order valence-corrected chi connectivity index (χ1v) is 9.95. The van der Waals surface area contributed by atoms with Gasteiger partial charge in [-0.15, -0.1) is 0 Å². The fourth-order valence-electron chi connectivity index (χ4n) is 2.73. The van der Waals surface area contributed by atoms with Crippen molar-refractivity contribution in [1.82, 2.24) is 5.32 Å². The Balaban J connectivity index is 3.07. The Kier molecular flexibility index (Phi) is 19.4. The summed E-state index contributed by atoms with van der Waals surface area (Å²) in [4.78, 5) is 10.4. The van der Waals surface area contributed by atoms with Crippen molar-refractivity contribution < 1.29 is 15.0 Å². The molecule has 0 spiro atoms. The lowest BCUT2D eigenvalue weighted by molar-refractivity contribution is -0.137. The van der Waals surface area contributed by atoms with Crippen LogP contribution in [-0.2, 0) is 4.79 Å². The van der Waals surface area contributed by atoms with E-state index >= 15 is 0 Å². The highest BCUT2D eigenvalue weighted by Crippen LogP contribution is 2.09. The summed E-state index contributed by atoms with van der Waals surface area (Å²) in [5.74, 6) is -0.673. The molecule has 0 fully saturated rings. The number of hydrogen-bond acceptors (Lipinski definition) is 3. The highest BCUT2D eigenvalue weighted by atomic mass is 16.4. The third-order valence-electron chi connectivity index (χ3n) is 4.19. The standard InChI is InChI=1S/C20H39NO3/c22-19-18-21-17-15-13-11-9-7-5-3-1-2-4-6-8-10-12-14-16-20(23)24/h1-2,21-22H,3-19H2,(H,23,24). The number of carbonyl (C=O) groups is 1. The topological polar surface area (TPSA) is 69.6 Å². The van der Waals surface area contributed by atoms with Crippen molar-refractivity contribution in [3.05, 3.63) is 12.2 Å². The zero-order valence-electron chi connectivity index (χ0n) is 15.5. The second kappa shape index (κ2) is 20.2. The molecule has 0 rings (SSSR count). The minimum absolute atomic E-state index is 0.236. The van der Waals surface area contributed by atoms with Gasteiger partial charge in [-0.3, -0.25) is 4.79 Å². The Morgan fingerprint density at radius 1 is 0.708 bits per heavy atom. The quantitative estimate of drug-likeness (QED) is 0.236. The average molecular weight is 342 g/mol. The van der Waals surface area contributed by atoms with E-state index in [2.05, 4.69) is 17.5 Å². The molecule has 0 atom stereocenters. The Labute approximate surface area is 148 Å². The lowest BCUT2D eigenvalue weighted by atomic mass is 10.1. The molecule has 24 heavy (non-hydrogen) atoms. The van der Waals surface area contributed by atoms with E-state index in [-0.39, 0.29) is 6.61 Å². The van der Waals surface area contributed by atoms with Gasteiger partial charge in [0, 0.05) is 13.0 Å². The van der Waals surface area contributed by atoms with Gasteiger partial charge in [-0.05, 0) is 45.1 Å². The molecule has 0 heterocycles. The highest BCUT2D eigenvalue weighted by molar-refractivity contribution is 5.66. The van der Waals surface area contributed by atoms with Gasteiger partial charge in [-0.2, -0.15) is 0 Å². The zero-order chi connectivity index (χ0) is 17.7. The Morgan fingerprint density at radius 2 is 1.21 bits per heavy atom. The first-order valence-electron chi connectivity index (χ1n) is 9.95. The lowest BCUT2D eigenvalue weighted by Gasteiger charge is -2.02. The summed E-state index contributed by atoms with van der Waals surface area (Å²) in [5, 5.41) is 20.4. The van der Waals surface area contributed by atoms with Crippen LogP contribution in [0.15, 0.2) is 12.2 Å². The van der Waals surface area contributed by atoms with Crippen LogP contribution in [0.3, 0.4) is 0 Å². The third kappa shape index (κ3) is 21.1. The van der Waals surface area contributed by atoms with Gasteiger partial charge in [0.25, 0.3) is 0 Å². The van der Waals surface area contributed by atoms with E-state index in [1.165, 1.54) is 64.2 Å². The molecule has 0 saturated heterocycles. The first kappa shape index (κ1) is 23.1. The van der Waals surface area contributed by atoms with Crippen molar-refractivity contribution in [2.45, 2.75) is 89.9 Å². The van der Waals surface area contributed by atoms with Crippen molar-refractivity contribution in [3.63, 3.8) is 0 Å². The number of carboxylic acids is 1. The van der Waals surface area contributed by atoms with Crippen LogP contribution in [0.1, 0.15) is 89.9 Å². The predicted octanol–water partition coefficient (Wildman–Crippen LogP) is 4.67. The van der Waals surface area contributed by atoms with Crippen molar-refractivity contribution in [1.29, 1.82) is 0 Å². The summed E-state index contributed by atoms with van der Waals surface area (Å²) < 4.78 is 0. The summed E-state index contributed by atoms with van der Waals surface area (Å²) in [7, 11) is 0. The van der Waals surface area contributed by atoms with Gasteiger partial charge in [0.15, 0.2) is 0 Å². The van der Waals surface area contributed by atoms with Gasteiger partial charge in [0.2, 0.25) is 0 Å². The number of carboxylic acid groups (broad SMARTS) is 1. The molecule has 3 N–H and O–H groups in total. The fourth-order valence-corrected chi connectivity index (χ4v) is 2.73. The normalized spacial score (nSPS) is 11.4. The van der Waals surface area contributed by atoms with E-state index in [4.69, 9.17) is 10.2 Å². The molecule has 0 aliphatic heterocycles. The summed E-state index contributed by atoms with van der Waals surface area (Å²) in [6.45, 7) is 1.99. The second-order valence-electron chi connectivity index (χ2n) is 6.56. The molecule has 142 valence electrons. The van der Waals surface area contributed by atoms with E-state index in [0.29, 0.717) is 6.42 Å². The van der Waals surface area contributed by atoms with E-state index in [1.807, 2.05) is 0 Å². The van der Waals surface area contributed by atoms with Crippen molar-refractivity contribution >= 4 is 5.97 Å². The molecular formula is C20H39NO3. The summed E-state index contributed by atoms with van der Waals surface area (Å²) in [6.07, 6.45) is 20.6. The molecule has 0 aliphatic carbocycles. The van der Waals surface area contributed by atoms with Crippen LogP contribution in [-0.4, -0.2) is 35.9 Å². The fraction of sp³-hybridized carbons (Fsp3) is 0.850. The molecule has 4 nitrogen and oxygen atoms in total. The maximum atomic E-state index is 10.4. The van der Waals surface area contributed by atoms with Gasteiger partial charge >= 0.3 is 5.97 Å². The van der Waals surface area contributed by atoms with E-state index in [0.717, 1.165) is 32.4 Å². The third-order valence-corrected chi connectivity index (χ3v) is 4.19. The van der Waals surface area contributed by atoms with Crippen LogP contribution in [0.2, 0.25) is 0 Å². The van der Waals surface area contributed by atoms with Crippen molar-refractivity contribution in [2.24, 2.45) is 0 Å². The average Bonchev–Trinajstić information content (AvgIpc) is 2.56. The molecule has 0 amide bonds. The van der Waals surface area contributed by atoms with Gasteiger partial charge in [-0.1, -0.05) is 57.1 Å². The molecule has 0 unspecified atom stereocenters. The molecule has 0 aromatic heterocycles. The smallest absolute Gasteiger partial charge is 0.303 e. The van der Waals surface area contributed by atoms with Crippen LogP contribution < -0.4 is 5.32 Å². The molecule has 0 aromatic carbocycles. The van der Waals surface area contributed by atoms with Crippen LogP contribution in [0, 0.1) is 0 Å². The summed E-state index contributed by atoms with van der Waals surface area (Å²) >= 11 is 0. The molecule has 0 bridgehead atoms. The molecule has 0 aliphatic rings. The monoisotopic (exact) mass is 341 g/mol. The summed E-state index contributed by atoms with van der Waals surface area (Å²) in [6, 6.07) is 0. The van der Waals surface area contributed by atoms with Crippen LogP contribution in [0.25, 0.3) is 0 Å². The van der Waals surface area contributed by atoms with E-state index < -0.39 is 5.97 Å². The Morgan fingerprint density at radius 3 is 1.75 bits per heavy atom. The number of rotatable bonds is 19.